The molecule has 1 aliphatic carbocycles. The standard InChI is InChI=1S/C13H22N2O/c1-11-7-3-6-10-15(11)13(12(14)16)8-4-2-5-9-13/h2,4,11H,3,5-10H2,1H3,(H2,14,16)/t11-,13?/m0/s1. The van der Waals surface area contributed by atoms with Gasteiger partial charge in [0, 0.05) is 6.04 Å². The number of allylic oxidation sites excluding steroid dienone is 1. The van der Waals surface area contributed by atoms with E-state index in [1.807, 2.05) is 0 Å². The summed E-state index contributed by atoms with van der Waals surface area (Å²) in [5.74, 6) is -0.134. The maximum Gasteiger partial charge on any atom is 0.238 e. The lowest BCUT2D eigenvalue weighted by atomic mass is 9.80. The van der Waals surface area contributed by atoms with Crippen molar-refractivity contribution in [2.75, 3.05) is 6.54 Å². The van der Waals surface area contributed by atoms with Crippen molar-refractivity contribution in [2.45, 2.75) is 57.0 Å². The molecule has 16 heavy (non-hydrogen) atoms. The van der Waals surface area contributed by atoms with Gasteiger partial charge in [0.15, 0.2) is 0 Å². The molecule has 0 aromatic carbocycles. The molecular weight excluding hydrogens is 200 g/mol. The third-order valence-corrected chi connectivity index (χ3v) is 4.16. The highest BCUT2D eigenvalue weighted by Crippen LogP contribution is 2.34. The zero-order valence-electron chi connectivity index (χ0n) is 10.1. The van der Waals surface area contributed by atoms with Gasteiger partial charge in [0.1, 0.15) is 5.54 Å². The summed E-state index contributed by atoms with van der Waals surface area (Å²) in [7, 11) is 0. The molecule has 1 heterocycles. The van der Waals surface area contributed by atoms with Gasteiger partial charge in [-0.3, -0.25) is 9.69 Å². The highest BCUT2D eigenvalue weighted by atomic mass is 16.1. The number of likely N-dealkylation sites (tertiary alicyclic amines) is 1. The van der Waals surface area contributed by atoms with E-state index in [1.165, 1.54) is 19.3 Å². The maximum absolute atomic E-state index is 11.9. The Morgan fingerprint density at radius 1 is 1.44 bits per heavy atom. The molecule has 1 amide bonds. The van der Waals surface area contributed by atoms with Crippen LogP contribution in [0.1, 0.15) is 45.4 Å². The number of rotatable bonds is 2. The predicted octanol–water partition coefficient (Wildman–Crippen LogP) is 1.82. The van der Waals surface area contributed by atoms with Crippen LogP contribution >= 0.6 is 0 Å². The van der Waals surface area contributed by atoms with Crippen molar-refractivity contribution in [3.05, 3.63) is 12.2 Å². The Kier molecular flexibility index (Phi) is 3.33. The summed E-state index contributed by atoms with van der Waals surface area (Å²) in [6, 6.07) is 0.493. The second-order valence-corrected chi connectivity index (χ2v) is 5.15. The normalized spacial score (nSPS) is 36.2. The van der Waals surface area contributed by atoms with Crippen LogP contribution in [0.4, 0.5) is 0 Å². The molecule has 1 aliphatic heterocycles. The van der Waals surface area contributed by atoms with Crippen molar-refractivity contribution >= 4 is 5.91 Å². The molecule has 2 atom stereocenters. The summed E-state index contributed by atoms with van der Waals surface area (Å²) in [5.41, 5.74) is 5.29. The number of primary amides is 1. The van der Waals surface area contributed by atoms with Gasteiger partial charge in [0.05, 0.1) is 0 Å². The van der Waals surface area contributed by atoms with E-state index in [4.69, 9.17) is 5.73 Å². The minimum absolute atomic E-state index is 0.134. The number of nitrogens with two attached hydrogens (primary N) is 1. The molecule has 1 unspecified atom stereocenters. The number of carbonyl (C=O) groups is 1. The average Bonchev–Trinajstić information content (AvgIpc) is 2.30. The van der Waals surface area contributed by atoms with Crippen molar-refractivity contribution < 1.29 is 4.79 Å². The number of nitrogens with zero attached hydrogens (tertiary/aromatic N) is 1. The van der Waals surface area contributed by atoms with Gasteiger partial charge in [-0.15, -0.1) is 0 Å². The van der Waals surface area contributed by atoms with Gasteiger partial charge in [-0.2, -0.15) is 0 Å². The van der Waals surface area contributed by atoms with Gasteiger partial charge in [0.25, 0.3) is 0 Å². The van der Waals surface area contributed by atoms with Crippen LogP contribution in [0.15, 0.2) is 12.2 Å². The van der Waals surface area contributed by atoms with Gasteiger partial charge in [0.2, 0.25) is 5.91 Å². The number of piperidine rings is 1. The Morgan fingerprint density at radius 2 is 2.25 bits per heavy atom. The predicted molar refractivity (Wildman–Crippen MR) is 64.9 cm³/mol. The van der Waals surface area contributed by atoms with Gasteiger partial charge in [-0.05, 0) is 45.6 Å². The van der Waals surface area contributed by atoms with E-state index in [0.717, 1.165) is 25.8 Å². The zero-order valence-corrected chi connectivity index (χ0v) is 10.1. The fourth-order valence-electron chi connectivity index (χ4n) is 3.18. The van der Waals surface area contributed by atoms with Crippen molar-refractivity contribution in [3.63, 3.8) is 0 Å². The number of carbonyl (C=O) groups excluding carboxylic acids is 1. The first kappa shape index (κ1) is 11.6. The molecule has 0 aromatic heterocycles. The van der Waals surface area contributed by atoms with Crippen LogP contribution < -0.4 is 5.73 Å². The van der Waals surface area contributed by atoms with Crippen molar-refractivity contribution in [3.8, 4) is 0 Å². The van der Waals surface area contributed by atoms with E-state index in [9.17, 15) is 4.79 Å². The summed E-state index contributed by atoms with van der Waals surface area (Å²) in [6.45, 7) is 3.25. The highest BCUT2D eigenvalue weighted by molar-refractivity contribution is 5.85. The van der Waals surface area contributed by atoms with Crippen LogP contribution in [0.25, 0.3) is 0 Å². The second-order valence-electron chi connectivity index (χ2n) is 5.15. The van der Waals surface area contributed by atoms with E-state index < -0.39 is 5.54 Å². The molecule has 2 aliphatic rings. The minimum Gasteiger partial charge on any atom is -0.368 e. The fraction of sp³-hybridized carbons (Fsp3) is 0.769. The Morgan fingerprint density at radius 3 is 2.81 bits per heavy atom. The van der Waals surface area contributed by atoms with E-state index in [-0.39, 0.29) is 5.91 Å². The lowest BCUT2D eigenvalue weighted by Crippen LogP contribution is -2.61. The number of amides is 1. The Bertz CT molecular complexity index is 300. The number of hydrogen-bond acceptors (Lipinski definition) is 2. The quantitative estimate of drug-likeness (QED) is 0.724. The molecule has 1 saturated heterocycles. The van der Waals surface area contributed by atoms with Crippen LogP contribution in [0, 0.1) is 0 Å². The summed E-state index contributed by atoms with van der Waals surface area (Å²) < 4.78 is 0. The summed E-state index contributed by atoms with van der Waals surface area (Å²) in [5, 5.41) is 0. The van der Waals surface area contributed by atoms with Gasteiger partial charge in [-0.1, -0.05) is 18.6 Å². The summed E-state index contributed by atoms with van der Waals surface area (Å²) in [6.07, 6.45) is 10.6. The minimum atomic E-state index is -0.394. The molecule has 0 aromatic rings. The molecule has 0 radical (unpaired) electrons. The van der Waals surface area contributed by atoms with Crippen LogP contribution in [0.5, 0.6) is 0 Å². The van der Waals surface area contributed by atoms with E-state index in [1.54, 1.807) is 0 Å². The van der Waals surface area contributed by atoms with Crippen LogP contribution in [-0.2, 0) is 4.79 Å². The third kappa shape index (κ3) is 1.88. The van der Waals surface area contributed by atoms with Crippen molar-refractivity contribution in [1.29, 1.82) is 0 Å². The molecule has 0 saturated carbocycles. The second kappa shape index (κ2) is 4.58. The Labute approximate surface area is 97.7 Å². The van der Waals surface area contributed by atoms with Gasteiger partial charge < -0.3 is 5.73 Å². The monoisotopic (exact) mass is 222 g/mol. The fourth-order valence-corrected chi connectivity index (χ4v) is 3.18. The molecule has 3 heteroatoms. The van der Waals surface area contributed by atoms with Crippen molar-refractivity contribution in [1.82, 2.24) is 4.90 Å². The largest absolute Gasteiger partial charge is 0.368 e. The SMILES string of the molecule is C[C@H]1CCCCN1C1(C(N)=O)CC=CCC1. The van der Waals surface area contributed by atoms with E-state index in [2.05, 4.69) is 24.0 Å². The van der Waals surface area contributed by atoms with Crippen LogP contribution in [0.2, 0.25) is 0 Å². The summed E-state index contributed by atoms with van der Waals surface area (Å²) in [4.78, 5) is 14.2. The van der Waals surface area contributed by atoms with Gasteiger partial charge >= 0.3 is 0 Å². The smallest absolute Gasteiger partial charge is 0.238 e. The van der Waals surface area contributed by atoms with Crippen molar-refractivity contribution in [2.24, 2.45) is 5.73 Å². The van der Waals surface area contributed by atoms with Crippen LogP contribution in [0.3, 0.4) is 0 Å². The summed E-state index contributed by atoms with van der Waals surface area (Å²) >= 11 is 0. The van der Waals surface area contributed by atoms with E-state index >= 15 is 0 Å². The van der Waals surface area contributed by atoms with Gasteiger partial charge in [-0.25, -0.2) is 0 Å². The first-order valence-electron chi connectivity index (χ1n) is 6.38. The average molecular weight is 222 g/mol. The number of hydrogen-bond donors (Lipinski definition) is 1. The third-order valence-electron chi connectivity index (χ3n) is 4.16. The molecule has 2 rings (SSSR count). The lowest BCUT2D eigenvalue weighted by molar-refractivity contribution is -0.134. The Balaban J connectivity index is 2.24. The van der Waals surface area contributed by atoms with Crippen LogP contribution in [-0.4, -0.2) is 28.9 Å². The first-order chi connectivity index (χ1) is 7.67. The highest BCUT2D eigenvalue weighted by Gasteiger charge is 2.44. The first-order valence-corrected chi connectivity index (χ1v) is 6.38. The maximum atomic E-state index is 11.9. The molecule has 0 bridgehead atoms. The molecule has 0 spiro atoms. The Hall–Kier alpha value is -0.830. The topological polar surface area (TPSA) is 46.3 Å². The molecule has 2 N–H and O–H groups in total. The molecule has 90 valence electrons. The molecule has 1 fully saturated rings. The van der Waals surface area contributed by atoms with E-state index in [0.29, 0.717) is 6.04 Å². The molecular formula is C13H22N2O. The zero-order chi connectivity index (χ0) is 11.6. The molecule has 3 nitrogen and oxygen atoms in total. The lowest BCUT2D eigenvalue weighted by Gasteiger charge is -2.48.